The van der Waals surface area contributed by atoms with Crippen LogP contribution >= 0.6 is 0 Å². The fourth-order valence-electron chi connectivity index (χ4n) is 2.14. The van der Waals surface area contributed by atoms with E-state index in [-0.39, 0.29) is 0 Å². The molecule has 4 heteroatoms. The number of piperidine rings is 1. The van der Waals surface area contributed by atoms with Gasteiger partial charge in [-0.05, 0) is 38.3 Å². The van der Waals surface area contributed by atoms with Crippen LogP contribution in [0.4, 0.5) is 0 Å². The highest BCUT2D eigenvalue weighted by Gasteiger charge is 2.16. The first kappa shape index (κ1) is 11.6. The van der Waals surface area contributed by atoms with Crippen LogP contribution in [0.25, 0.3) is 0 Å². The quantitative estimate of drug-likeness (QED) is 0.829. The number of rotatable bonds is 5. The Labute approximate surface area is 96.8 Å². The number of hydrogen-bond acceptors (Lipinski definition) is 4. The highest BCUT2D eigenvalue weighted by atomic mass is 16.5. The van der Waals surface area contributed by atoms with Crippen LogP contribution in [0.3, 0.4) is 0 Å². The fraction of sp³-hybridized carbons (Fsp3) is 0.833. The maximum absolute atomic E-state index is 5.28. The molecule has 1 N–H and O–H groups in total. The minimum Gasteiger partial charge on any atom is -0.339 e. The summed E-state index contributed by atoms with van der Waals surface area (Å²) in [5.41, 5.74) is 0. The molecule has 0 aromatic carbocycles. The van der Waals surface area contributed by atoms with Crippen LogP contribution in [0.5, 0.6) is 0 Å². The molecule has 0 radical (unpaired) electrons. The Bertz CT molecular complexity index is 305. The molecule has 1 saturated heterocycles. The SMILES string of the molecule is CCCCc1noc(CC2CCNCC2)n1. The molecule has 90 valence electrons. The second-order valence-electron chi connectivity index (χ2n) is 4.61. The van der Waals surface area contributed by atoms with Crippen molar-refractivity contribution in [3.8, 4) is 0 Å². The number of nitrogens with zero attached hydrogens (tertiary/aromatic N) is 2. The largest absolute Gasteiger partial charge is 0.339 e. The van der Waals surface area contributed by atoms with Gasteiger partial charge in [-0.15, -0.1) is 0 Å². The summed E-state index contributed by atoms with van der Waals surface area (Å²) in [5.74, 6) is 2.43. The maximum Gasteiger partial charge on any atom is 0.226 e. The number of aryl methyl sites for hydroxylation is 1. The summed E-state index contributed by atoms with van der Waals surface area (Å²) in [7, 11) is 0. The van der Waals surface area contributed by atoms with Crippen LogP contribution in [0.15, 0.2) is 4.52 Å². The smallest absolute Gasteiger partial charge is 0.226 e. The molecule has 1 fully saturated rings. The van der Waals surface area contributed by atoms with Gasteiger partial charge in [0.05, 0.1) is 0 Å². The molecule has 2 heterocycles. The summed E-state index contributed by atoms with van der Waals surface area (Å²) >= 11 is 0. The van der Waals surface area contributed by atoms with Crippen LogP contribution in [0.2, 0.25) is 0 Å². The number of nitrogens with one attached hydrogen (secondary N) is 1. The molecule has 0 unspecified atom stereocenters. The normalized spacial score (nSPS) is 17.8. The molecule has 2 rings (SSSR count). The van der Waals surface area contributed by atoms with Crippen molar-refractivity contribution in [1.29, 1.82) is 0 Å². The van der Waals surface area contributed by atoms with E-state index in [1.165, 1.54) is 19.3 Å². The van der Waals surface area contributed by atoms with E-state index in [0.717, 1.165) is 50.0 Å². The maximum atomic E-state index is 5.28. The zero-order valence-electron chi connectivity index (χ0n) is 10.0. The topological polar surface area (TPSA) is 51.0 Å². The van der Waals surface area contributed by atoms with Gasteiger partial charge < -0.3 is 9.84 Å². The average Bonchev–Trinajstić information content (AvgIpc) is 2.75. The van der Waals surface area contributed by atoms with Crippen molar-refractivity contribution in [2.45, 2.75) is 45.4 Å². The summed E-state index contributed by atoms with van der Waals surface area (Å²) in [6.45, 7) is 4.43. The van der Waals surface area contributed by atoms with Gasteiger partial charge in [0.1, 0.15) is 0 Å². The van der Waals surface area contributed by atoms with Gasteiger partial charge in [0.15, 0.2) is 5.82 Å². The van der Waals surface area contributed by atoms with Gasteiger partial charge in [0.2, 0.25) is 5.89 Å². The van der Waals surface area contributed by atoms with E-state index in [4.69, 9.17) is 4.52 Å². The van der Waals surface area contributed by atoms with Gasteiger partial charge in [-0.3, -0.25) is 0 Å². The third kappa shape index (κ3) is 3.30. The molecule has 1 aromatic heterocycles. The molecule has 0 atom stereocenters. The van der Waals surface area contributed by atoms with E-state index in [1.54, 1.807) is 0 Å². The third-order valence-electron chi connectivity index (χ3n) is 3.19. The standard InChI is InChI=1S/C12H21N3O/c1-2-3-4-11-14-12(16-15-11)9-10-5-7-13-8-6-10/h10,13H,2-9H2,1H3. The van der Waals surface area contributed by atoms with E-state index in [9.17, 15) is 0 Å². The lowest BCUT2D eigenvalue weighted by atomic mass is 9.95. The Morgan fingerprint density at radius 2 is 2.19 bits per heavy atom. The van der Waals surface area contributed by atoms with Crippen molar-refractivity contribution in [2.75, 3.05) is 13.1 Å². The molecule has 1 aromatic rings. The average molecular weight is 223 g/mol. The van der Waals surface area contributed by atoms with E-state index in [1.807, 2.05) is 0 Å². The Morgan fingerprint density at radius 3 is 2.94 bits per heavy atom. The lowest BCUT2D eigenvalue weighted by Crippen LogP contribution is -2.28. The Hall–Kier alpha value is -0.900. The second-order valence-corrected chi connectivity index (χ2v) is 4.61. The molecule has 1 aliphatic heterocycles. The van der Waals surface area contributed by atoms with Crippen LogP contribution in [0.1, 0.15) is 44.3 Å². The number of unbranched alkanes of at least 4 members (excludes halogenated alkanes) is 1. The van der Waals surface area contributed by atoms with Gasteiger partial charge in [-0.2, -0.15) is 4.98 Å². The molecular weight excluding hydrogens is 202 g/mol. The van der Waals surface area contributed by atoms with Crippen molar-refractivity contribution in [1.82, 2.24) is 15.5 Å². The van der Waals surface area contributed by atoms with Crippen LogP contribution in [-0.4, -0.2) is 23.2 Å². The van der Waals surface area contributed by atoms with E-state index in [0.29, 0.717) is 0 Å². The molecule has 0 spiro atoms. The molecule has 0 saturated carbocycles. The summed E-state index contributed by atoms with van der Waals surface area (Å²) in [5, 5.41) is 7.38. The second kappa shape index (κ2) is 5.99. The van der Waals surface area contributed by atoms with Crippen molar-refractivity contribution < 1.29 is 4.52 Å². The minimum absolute atomic E-state index is 0.723. The minimum atomic E-state index is 0.723. The van der Waals surface area contributed by atoms with Gasteiger partial charge >= 0.3 is 0 Å². The lowest BCUT2D eigenvalue weighted by molar-refractivity contribution is 0.312. The summed E-state index contributed by atoms with van der Waals surface area (Å²) < 4.78 is 5.28. The van der Waals surface area contributed by atoms with E-state index < -0.39 is 0 Å². The van der Waals surface area contributed by atoms with Crippen molar-refractivity contribution in [3.63, 3.8) is 0 Å². The lowest BCUT2D eigenvalue weighted by Gasteiger charge is -2.20. The molecular formula is C12H21N3O. The Balaban J connectivity index is 1.81. The Morgan fingerprint density at radius 1 is 1.38 bits per heavy atom. The van der Waals surface area contributed by atoms with Crippen molar-refractivity contribution in [3.05, 3.63) is 11.7 Å². The Kier molecular flexibility index (Phi) is 4.34. The van der Waals surface area contributed by atoms with Crippen LogP contribution in [0, 0.1) is 5.92 Å². The molecule has 0 amide bonds. The van der Waals surface area contributed by atoms with Crippen molar-refractivity contribution in [2.24, 2.45) is 5.92 Å². The monoisotopic (exact) mass is 223 g/mol. The predicted octanol–water partition coefficient (Wildman–Crippen LogP) is 1.95. The first-order chi connectivity index (χ1) is 7.88. The third-order valence-corrected chi connectivity index (χ3v) is 3.19. The molecule has 0 aliphatic carbocycles. The van der Waals surface area contributed by atoms with E-state index >= 15 is 0 Å². The first-order valence-corrected chi connectivity index (χ1v) is 6.40. The summed E-state index contributed by atoms with van der Waals surface area (Å²) in [6.07, 6.45) is 6.69. The molecule has 4 nitrogen and oxygen atoms in total. The van der Waals surface area contributed by atoms with E-state index in [2.05, 4.69) is 22.4 Å². The summed E-state index contributed by atoms with van der Waals surface area (Å²) in [4.78, 5) is 4.44. The number of aromatic nitrogens is 2. The van der Waals surface area contributed by atoms with Gasteiger partial charge in [-0.25, -0.2) is 0 Å². The molecule has 16 heavy (non-hydrogen) atoms. The molecule has 0 bridgehead atoms. The zero-order chi connectivity index (χ0) is 11.2. The van der Waals surface area contributed by atoms with Gasteiger partial charge in [-0.1, -0.05) is 18.5 Å². The highest BCUT2D eigenvalue weighted by molar-refractivity contribution is 4.89. The van der Waals surface area contributed by atoms with Crippen LogP contribution < -0.4 is 5.32 Å². The van der Waals surface area contributed by atoms with Crippen LogP contribution in [-0.2, 0) is 12.8 Å². The van der Waals surface area contributed by atoms with Gasteiger partial charge in [0.25, 0.3) is 0 Å². The fourth-order valence-corrected chi connectivity index (χ4v) is 2.14. The molecule has 1 aliphatic rings. The van der Waals surface area contributed by atoms with Crippen molar-refractivity contribution >= 4 is 0 Å². The first-order valence-electron chi connectivity index (χ1n) is 6.40. The van der Waals surface area contributed by atoms with Gasteiger partial charge in [0, 0.05) is 12.8 Å². The summed E-state index contributed by atoms with van der Waals surface area (Å²) in [6, 6.07) is 0. The number of hydrogen-bond donors (Lipinski definition) is 1. The highest BCUT2D eigenvalue weighted by Crippen LogP contribution is 2.17. The predicted molar refractivity (Wildman–Crippen MR) is 62.2 cm³/mol. The zero-order valence-corrected chi connectivity index (χ0v) is 10.0.